The lowest BCUT2D eigenvalue weighted by Gasteiger charge is -2.08. The van der Waals surface area contributed by atoms with Crippen molar-refractivity contribution in [3.05, 3.63) is 64.8 Å². The minimum Gasteiger partial charge on any atom is -0.339 e. The zero-order chi connectivity index (χ0) is 15.4. The maximum Gasteiger partial charge on any atom is 0.249 e. The third-order valence-electron chi connectivity index (χ3n) is 2.96. The minimum atomic E-state index is 0.440. The van der Waals surface area contributed by atoms with Gasteiger partial charge in [0.05, 0.1) is 6.20 Å². The topological polar surface area (TPSA) is 62.7 Å². The molecule has 0 radical (unpaired) electrons. The predicted molar refractivity (Wildman–Crippen MR) is 91.7 cm³/mol. The van der Waals surface area contributed by atoms with E-state index in [4.69, 9.17) is 0 Å². The molecule has 0 unspecified atom stereocenters. The first-order chi connectivity index (χ1) is 10.7. The van der Waals surface area contributed by atoms with Crippen LogP contribution in [-0.4, -0.2) is 15.2 Å². The number of anilines is 4. The van der Waals surface area contributed by atoms with Crippen molar-refractivity contribution in [1.82, 2.24) is 15.2 Å². The van der Waals surface area contributed by atoms with Crippen molar-refractivity contribution >= 4 is 39.1 Å². The van der Waals surface area contributed by atoms with Gasteiger partial charge in [0.2, 0.25) is 5.95 Å². The summed E-state index contributed by atoms with van der Waals surface area (Å²) in [7, 11) is 0. The fraction of sp³-hybridized carbons (Fsp3) is 0.0625. The Morgan fingerprint density at radius 1 is 0.955 bits per heavy atom. The Kier molecular flexibility index (Phi) is 4.29. The predicted octanol–water partition coefficient (Wildman–Crippen LogP) is 4.43. The Hall–Kier alpha value is -2.47. The molecule has 0 fully saturated rings. The monoisotopic (exact) mass is 355 g/mol. The third-order valence-corrected chi connectivity index (χ3v) is 3.46. The molecule has 0 spiro atoms. The normalized spacial score (nSPS) is 10.3. The number of hydrogen-bond donors (Lipinski definition) is 2. The van der Waals surface area contributed by atoms with Gasteiger partial charge in [-0.15, -0.1) is 5.10 Å². The van der Waals surface area contributed by atoms with Gasteiger partial charge in [-0.3, -0.25) is 0 Å². The van der Waals surface area contributed by atoms with Gasteiger partial charge < -0.3 is 10.6 Å². The van der Waals surface area contributed by atoms with Crippen molar-refractivity contribution in [1.29, 1.82) is 0 Å². The van der Waals surface area contributed by atoms with Crippen molar-refractivity contribution in [3.8, 4) is 0 Å². The van der Waals surface area contributed by atoms with Crippen LogP contribution in [0.2, 0.25) is 0 Å². The van der Waals surface area contributed by atoms with Gasteiger partial charge in [-0.05, 0) is 37.3 Å². The van der Waals surface area contributed by atoms with Crippen LogP contribution in [0.25, 0.3) is 0 Å². The quantitative estimate of drug-likeness (QED) is 0.724. The van der Waals surface area contributed by atoms with Gasteiger partial charge in [-0.2, -0.15) is 10.1 Å². The van der Waals surface area contributed by atoms with Crippen LogP contribution in [0.1, 0.15) is 5.56 Å². The molecule has 2 aromatic carbocycles. The lowest BCUT2D eigenvalue weighted by atomic mass is 10.2. The van der Waals surface area contributed by atoms with Crippen molar-refractivity contribution < 1.29 is 0 Å². The zero-order valence-electron chi connectivity index (χ0n) is 11.9. The Bertz CT molecular complexity index is 773. The van der Waals surface area contributed by atoms with E-state index in [0.717, 1.165) is 15.8 Å². The summed E-state index contributed by atoms with van der Waals surface area (Å²) in [5, 5.41) is 14.3. The van der Waals surface area contributed by atoms with Gasteiger partial charge in [-0.25, -0.2) is 0 Å². The molecule has 2 N–H and O–H groups in total. The minimum absolute atomic E-state index is 0.440. The van der Waals surface area contributed by atoms with Gasteiger partial charge in [0.1, 0.15) is 0 Å². The molecule has 5 nitrogen and oxygen atoms in total. The molecule has 0 atom stereocenters. The van der Waals surface area contributed by atoms with E-state index >= 15 is 0 Å². The second-order valence-corrected chi connectivity index (χ2v) is 5.71. The molecular formula is C16H14BrN5. The molecule has 0 aliphatic carbocycles. The average Bonchev–Trinajstić information content (AvgIpc) is 2.50. The second kappa shape index (κ2) is 6.53. The maximum atomic E-state index is 4.40. The number of nitrogens with one attached hydrogen (secondary N) is 2. The van der Waals surface area contributed by atoms with Gasteiger partial charge >= 0.3 is 0 Å². The highest BCUT2D eigenvalue weighted by Gasteiger charge is 2.02. The van der Waals surface area contributed by atoms with E-state index in [2.05, 4.69) is 48.7 Å². The maximum absolute atomic E-state index is 4.40. The summed E-state index contributed by atoms with van der Waals surface area (Å²) in [6, 6.07) is 15.9. The fourth-order valence-electron chi connectivity index (χ4n) is 1.90. The van der Waals surface area contributed by atoms with Gasteiger partial charge in [0.15, 0.2) is 5.82 Å². The molecule has 0 bridgehead atoms. The summed E-state index contributed by atoms with van der Waals surface area (Å²) in [6.45, 7) is 2.05. The molecule has 0 saturated heterocycles. The van der Waals surface area contributed by atoms with Crippen LogP contribution in [-0.2, 0) is 0 Å². The van der Waals surface area contributed by atoms with Gasteiger partial charge in [-0.1, -0.05) is 39.7 Å². The molecule has 6 heteroatoms. The van der Waals surface area contributed by atoms with Crippen molar-refractivity contribution in [2.75, 3.05) is 10.6 Å². The van der Waals surface area contributed by atoms with E-state index in [1.807, 2.05) is 48.5 Å². The molecule has 0 amide bonds. The Balaban J connectivity index is 1.76. The Labute approximate surface area is 137 Å². The van der Waals surface area contributed by atoms with E-state index in [9.17, 15) is 0 Å². The summed E-state index contributed by atoms with van der Waals surface area (Å²) in [6.07, 6.45) is 1.59. The SMILES string of the molecule is Cc1ccc(Nc2cnnc(Nc3cccc(Br)c3)n2)cc1. The first kappa shape index (κ1) is 14.5. The summed E-state index contributed by atoms with van der Waals surface area (Å²) in [4.78, 5) is 4.40. The lowest BCUT2D eigenvalue weighted by molar-refractivity contribution is 0.982. The molecule has 22 heavy (non-hydrogen) atoms. The van der Waals surface area contributed by atoms with E-state index in [-0.39, 0.29) is 0 Å². The van der Waals surface area contributed by atoms with Crippen LogP contribution in [0, 0.1) is 6.92 Å². The molecule has 3 aromatic rings. The second-order valence-electron chi connectivity index (χ2n) is 4.79. The first-order valence-electron chi connectivity index (χ1n) is 6.75. The molecule has 110 valence electrons. The van der Waals surface area contributed by atoms with Crippen LogP contribution in [0.3, 0.4) is 0 Å². The summed E-state index contributed by atoms with van der Waals surface area (Å²) >= 11 is 3.43. The van der Waals surface area contributed by atoms with E-state index < -0.39 is 0 Å². The summed E-state index contributed by atoms with van der Waals surface area (Å²) in [5.41, 5.74) is 3.06. The number of aromatic nitrogens is 3. The summed E-state index contributed by atoms with van der Waals surface area (Å²) < 4.78 is 0.986. The molecular weight excluding hydrogens is 342 g/mol. The van der Waals surface area contributed by atoms with E-state index in [1.54, 1.807) is 6.20 Å². The fourth-order valence-corrected chi connectivity index (χ4v) is 2.30. The van der Waals surface area contributed by atoms with Crippen LogP contribution >= 0.6 is 15.9 Å². The standard InChI is InChI=1S/C16H14BrN5/c1-11-5-7-13(8-6-11)19-15-10-18-22-16(21-15)20-14-4-2-3-12(17)9-14/h2-10H,1H3,(H2,19,20,21,22). The number of benzene rings is 2. The molecule has 0 aliphatic heterocycles. The Morgan fingerprint density at radius 2 is 1.77 bits per heavy atom. The van der Waals surface area contributed by atoms with E-state index in [1.165, 1.54) is 5.56 Å². The van der Waals surface area contributed by atoms with Crippen LogP contribution < -0.4 is 10.6 Å². The van der Waals surface area contributed by atoms with Gasteiger partial charge in [0, 0.05) is 15.8 Å². The number of hydrogen-bond acceptors (Lipinski definition) is 5. The number of nitrogens with zero attached hydrogens (tertiary/aromatic N) is 3. The van der Waals surface area contributed by atoms with Crippen molar-refractivity contribution in [2.24, 2.45) is 0 Å². The molecule has 0 aliphatic rings. The molecule has 0 saturated carbocycles. The van der Waals surface area contributed by atoms with Crippen LogP contribution in [0.15, 0.2) is 59.2 Å². The smallest absolute Gasteiger partial charge is 0.249 e. The highest BCUT2D eigenvalue weighted by atomic mass is 79.9. The zero-order valence-corrected chi connectivity index (χ0v) is 13.5. The van der Waals surface area contributed by atoms with Crippen LogP contribution in [0.4, 0.5) is 23.1 Å². The first-order valence-corrected chi connectivity index (χ1v) is 7.54. The van der Waals surface area contributed by atoms with Crippen LogP contribution in [0.5, 0.6) is 0 Å². The molecule has 1 heterocycles. The molecule has 1 aromatic heterocycles. The Morgan fingerprint density at radius 3 is 2.55 bits per heavy atom. The van der Waals surface area contributed by atoms with E-state index in [0.29, 0.717) is 11.8 Å². The number of aryl methyl sites for hydroxylation is 1. The molecule has 3 rings (SSSR count). The van der Waals surface area contributed by atoms with Crippen molar-refractivity contribution in [2.45, 2.75) is 6.92 Å². The summed E-state index contributed by atoms with van der Waals surface area (Å²) in [5.74, 6) is 1.08. The number of rotatable bonds is 4. The largest absolute Gasteiger partial charge is 0.339 e. The highest BCUT2D eigenvalue weighted by molar-refractivity contribution is 9.10. The highest BCUT2D eigenvalue weighted by Crippen LogP contribution is 2.19. The van der Waals surface area contributed by atoms with Gasteiger partial charge in [0.25, 0.3) is 0 Å². The lowest BCUT2D eigenvalue weighted by Crippen LogP contribution is -2.02. The number of halogens is 1. The average molecular weight is 356 g/mol. The van der Waals surface area contributed by atoms with Crippen molar-refractivity contribution in [3.63, 3.8) is 0 Å². The third kappa shape index (κ3) is 3.79.